The highest BCUT2D eigenvalue weighted by Gasteiger charge is 2.33. The summed E-state index contributed by atoms with van der Waals surface area (Å²) in [4.78, 5) is 43.1. The van der Waals surface area contributed by atoms with Crippen LogP contribution in [0.15, 0.2) is 80.1 Å². The zero-order valence-corrected chi connectivity index (χ0v) is 23.1. The summed E-state index contributed by atoms with van der Waals surface area (Å²) in [5.41, 5.74) is 2.87. The van der Waals surface area contributed by atoms with E-state index in [1.54, 1.807) is 63.4 Å². The summed E-state index contributed by atoms with van der Waals surface area (Å²) in [6.45, 7) is 5.46. The first-order valence-corrected chi connectivity index (χ1v) is 13.3. The molecule has 5 rings (SSSR count). The Labute approximate surface area is 232 Å². The van der Waals surface area contributed by atoms with Crippen molar-refractivity contribution in [3.05, 3.63) is 108 Å². The van der Waals surface area contributed by atoms with Crippen molar-refractivity contribution < 1.29 is 28.6 Å². The summed E-state index contributed by atoms with van der Waals surface area (Å²) >= 11 is 1.20. The first-order valence-electron chi connectivity index (χ1n) is 12.5. The number of aryl methyl sites for hydroxylation is 1. The first-order chi connectivity index (χ1) is 19.2. The highest BCUT2D eigenvalue weighted by molar-refractivity contribution is 7.07. The molecule has 0 radical (unpaired) electrons. The van der Waals surface area contributed by atoms with Crippen LogP contribution in [-0.4, -0.2) is 35.3 Å². The second kappa shape index (κ2) is 10.8. The summed E-state index contributed by atoms with van der Waals surface area (Å²) in [7, 11) is 1.57. The van der Waals surface area contributed by atoms with Crippen LogP contribution in [0.3, 0.4) is 0 Å². The predicted octanol–water partition coefficient (Wildman–Crippen LogP) is 4.07. The van der Waals surface area contributed by atoms with E-state index < -0.39 is 18.0 Å². The van der Waals surface area contributed by atoms with Gasteiger partial charge in [-0.15, -0.1) is 0 Å². The number of hydrogen-bond donors (Lipinski definition) is 1. The maximum atomic E-state index is 13.8. The molecule has 204 valence electrons. The molecule has 0 aliphatic carbocycles. The Hall–Kier alpha value is -4.70. The van der Waals surface area contributed by atoms with Gasteiger partial charge in [-0.25, -0.2) is 14.6 Å². The van der Waals surface area contributed by atoms with Crippen molar-refractivity contribution in [3.63, 3.8) is 0 Å². The van der Waals surface area contributed by atoms with E-state index in [0.29, 0.717) is 43.4 Å². The van der Waals surface area contributed by atoms with Gasteiger partial charge < -0.3 is 19.0 Å². The molecule has 1 atom stereocenters. The number of rotatable bonds is 7. The number of ether oxygens (including phenoxy) is 2. The molecule has 1 N–H and O–H groups in total. The summed E-state index contributed by atoms with van der Waals surface area (Å²) in [6.07, 6.45) is 1.64. The van der Waals surface area contributed by atoms with Gasteiger partial charge in [-0.3, -0.25) is 9.36 Å². The summed E-state index contributed by atoms with van der Waals surface area (Å²) in [5.74, 6) is 0.114. The van der Waals surface area contributed by atoms with Crippen molar-refractivity contribution in [2.75, 3.05) is 13.7 Å². The number of allylic oxidation sites excluding steroid dienone is 1. The normalized spacial score (nSPS) is 15.0. The molecule has 1 aliphatic heterocycles. The van der Waals surface area contributed by atoms with Crippen molar-refractivity contribution in [1.82, 2.24) is 4.57 Å². The van der Waals surface area contributed by atoms with Crippen LogP contribution >= 0.6 is 11.3 Å². The van der Waals surface area contributed by atoms with Crippen molar-refractivity contribution in [1.29, 1.82) is 0 Å². The van der Waals surface area contributed by atoms with Gasteiger partial charge >= 0.3 is 11.9 Å². The number of esters is 1. The lowest BCUT2D eigenvalue weighted by molar-refractivity contribution is -0.139. The van der Waals surface area contributed by atoms with E-state index in [1.807, 2.05) is 19.1 Å². The van der Waals surface area contributed by atoms with Crippen LogP contribution in [0.1, 0.15) is 47.1 Å². The number of carbonyl (C=O) groups is 2. The number of aromatic carboxylic acids is 1. The molecule has 4 aromatic rings. The molecular weight excluding hydrogens is 532 g/mol. The third-order valence-electron chi connectivity index (χ3n) is 6.59. The van der Waals surface area contributed by atoms with Crippen molar-refractivity contribution >= 4 is 29.4 Å². The quantitative estimate of drug-likeness (QED) is 0.340. The van der Waals surface area contributed by atoms with Crippen molar-refractivity contribution in [2.45, 2.75) is 26.8 Å². The number of aromatic nitrogens is 1. The molecule has 3 heterocycles. The van der Waals surface area contributed by atoms with Gasteiger partial charge in [-0.05, 0) is 68.3 Å². The SMILES string of the molecule is CCOC(=O)C1=C(C)N=c2s/c(=C\c3ccc(-c4ccc(C(=O)O)cc4C)o3)c(=O)n2[C@@H]1c1ccc(OC)cc1. The van der Waals surface area contributed by atoms with Crippen LogP contribution in [0.2, 0.25) is 0 Å². The largest absolute Gasteiger partial charge is 0.497 e. The lowest BCUT2D eigenvalue weighted by atomic mass is 9.96. The number of benzene rings is 2. The number of fused-ring (bicyclic) bond motifs is 1. The third-order valence-corrected chi connectivity index (χ3v) is 7.57. The Balaban J connectivity index is 1.60. The molecule has 0 saturated heterocycles. The Kier molecular flexibility index (Phi) is 7.27. The molecule has 0 spiro atoms. The highest BCUT2D eigenvalue weighted by atomic mass is 32.1. The van der Waals surface area contributed by atoms with E-state index in [1.165, 1.54) is 22.0 Å². The maximum absolute atomic E-state index is 13.8. The minimum absolute atomic E-state index is 0.189. The van der Waals surface area contributed by atoms with Gasteiger partial charge in [0.25, 0.3) is 5.56 Å². The number of nitrogens with zero attached hydrogens (tertiary/aromatic N) is 2. The summed E-state index contributed by atoms with van der Waals surface area (Å²) in [5, 5.41) is 9.24. The van der Waals surface area contributed by atoms with Crippen molar-refractivity contribution in [3.8, 4) is 17.1 Å². The van der Waals surface area contributed by atoms with Gasteiger partial charge in [0, 0.05) is 11.6 Å². The molecule has 0 unspecified atom stereocenters. The third kappa shape index (κ3) is 4.89. The number of carboxylic acids is 1. The standard InChI is InChI=1S/C30H26N2O7S/c1-5-38-29(36)25-17(3)31-30-32(26(25)18-6-9-20(37-4)10-7-18)27(33)24(40-30)15-21-11-13-23(39-21)22-12-8-19(28(34)35)14-16(22)2/h6-15,26H,5H2,1-4H3,(H,34,35)/b24-15-/t26-/m1/s1. The predicted molar refractivity (Wildman–Crippen MR) is 149 cm³/mol. The van der Waals surface area contributed by atoms with Crippen LogP contribution in [-0.2, 0) is 9.53 Å². The molecule has 0 bridgehead atoms. The molecule has 1 aliphatic rings. The molecule has 9 nitrogen and oxygen atoms in total. The van der Waals surface area contributed by atoms with Gasteiger partial charge in [-0.2, -0.15) is 0 Å². The lowest BCUT2D eigenvalue weighted by Gasteiger charge is -2.24. The first kappa shape index (κ1) is 26.9. The second-order valence-corrected chi connectivity index (χ2v) is 10.1. The number of hydrogen-bond acceptors (Lipinski definition) is 8. The van der Waals surface area contributed by atoms with Gasteiger partial charge in [0.1, 0.15) is 17.3 Å². The second-order valence-electron chi connectivity index (χ2n) is 9.11. The Morgan fingerprint density at radius 2 is 1.88 bits per heavy atom. The fraction of sp³-hybridized carbons (Fsp3) is 0.200. The van der Waals surface area contributed by atoms with E-state index in [9.17, 15) is 19.5 Å². The molecule has 2 aromatic carbocycles. The van der Waals surface area contributed by atoms with Crippen LogP contribution in [0.4, 0.5) is 0 Å². The Morgan fingerprint density at radius 3 is 2.52 bits per heavy atom. The number of furan rings is 1. The van der Waals surface area contributed by atoms with Gasteiger partial charge in [0.05, 0.1) is 41.1 Å². The fourth-order valence-electron chi connectivity index (χ4n) is 4.67. The topological polar surface area (TPSA) is 120 Å². The van der Waals surface area contributed by atoms with E-state index in [4.69, 9.17) is 13.9 Å². The number of methoxy groups -OCH3 is 1. The highest BCUT2D eigenvalue weighted by Crippen LogP contribution is 2.32. The lowest BCUT2D eigenvalue weighted by Crippen LogP contribution is -2.39. The summed E-state index contributed by atoms with van der Waals surface area (Å²) in [6, 6.07) is 14.8. The number of thiazole rings is 1. The molecule has 0 fully saturated rings. The van der Waals surface area contributed by atoms with Crippen LogP contribution in [0, 0.1) is 6.92 Å². The smallest absolute Gasteiger partial charge is 0.338 e. The van der Waals surface area contributed by atoms with Crippen LogP contribution < -0.4 is 19.6 Å². The molecule has 0 saturated carbocycles. The molecule has 2 aromatic heterocycles. The average molecular weight is 559 g/mol. The van der Waals surface area contributed by atoms with Gasteiger partial charge in [0.15, 0.2) is 4.80 Å². The Morgan fingerprint density at radius 1 is 1.12 bits per heavy atom. The molecular formula is C30H26N2O7S. The molecule has 0 amide bonds. The van der Waals surface area contributed by atoms with E-state index in [0.717, 1.165) is 11.1 Å². The minimum Gasteiger partial charge on any atom is -0.497 e. The van der Waals surface area contributed by atoms with Crippen LogP contribution in [0.25, 0.3) is 17.4 Å². The van der Waals surface area contributed by atoms with Crippen molar-refractivity contribution in [2.24, 2.45) is 4.99 Å². The van der Waals surface area contributed by atoms with E-state index in [-0.39, 0.29) is 17.7 Å². The Bertz CT molecular complexity index is 1840. The zero-order chi connectivity index (χ0) is 28.6. The van der Waals surface area contributed by atoms with Crippen LogP contribution in [0.5, 0.6) is 5.75 Å². The fourth-order valence-corrected chi connectivity index (χ4v) is 5.70. The van der Waals surface area contributed by atoms with E-state index >= 15 is 0 Å². The average Bonchev–Trinajstić information content (AvgIpc) is 3.52. The molecule has 40 heavy (non-hydrogen) atoms. The maximum Gasteiger partial charge on any atom is 0.338 e. The van der Waals surface area contributed by atoms with Gasteiger partial charge in [-0.1, -0.05) is 29.5 Å². The minimum atomic E-state index is -1.00. The zero-order valence-electron chi connectivity index (χ0n) is 22.3. The molecule has 10 heteroatoms. The van der Waals surface area contributed by atoms with E-state index in [2.05, 4.69) is 4.99 Å². The number of carbonyl (C=O) groups excluding carboxylic acids is 1. The van der Waals surface area contributed by atoms with Gasteiger partial charge in [0.2, 0.25) is 0 Å². The summed E-state index contributed by atoms with van der Waals surface area (Å²) < 4.78 is 18.5. The number of carboxylic acid groups (broad SMARTS) is 1. The monoisotopic (exact) mass is 558 g/mol.